The van der Waals surface area contributed by atoms with Gasteiger partial charge in [-0.25, -0.2) is 23.1 Å². The molecule has 4 rings (SSSR count). The van der Waals surface area contributed by atoms with Gasteiger partial charge in [-0.2, -0.15) is 0 Å². The van der Waals surface area contributed by atoms with Crippen LogP contribution < -0.4 is 4.90 Å². The summed E-state index contributed by atoms with van der Waals surface area (Å²) in [6.07, 6.45) is 5.71. The number of nitrogens with zero attached hydrogens (tertiary/aromatic N) is 4. The van der Waals surface area contributed by atoms with E-state index in [1.54, 1.807) is 12.5 Å². The van der Waals surface area contributed by atoms with Crippen molar-refractivity contribution in [2.45, 2.75) is 13.0 Å². The van der Waals surface area contributed by atoms with Crippen LogP contribution in [-0.4, -0.2) is 27.0 Å². The maximum absolute atomic E-state index is 14.1. The van der Waals surface area contributed by atoms with Gasteiger partial charge in [0.05, 0.1) is 11.0 Å². The fraction of sp³-hybridized carbons (Fsp3) is 0.150. The number of rotatable bonds is 6. The number of benzene rings is 2. The molecule has 5 nitrogen and oxygen atoms in total. The molecule has 0 aliphatic carbocycles. The van der Waals surface area contributed by atoms with E-state index in [1.165, 1.54) is 35.2 Å². The minimum Gasteiger partial charge on any atom is -0.337 e. The van der Waals surface area contributed by atoms with Crippen LogP contribution in [0.2, 0.25) is 0 Å². The van der Waals surface area contributed by atoms with E-state index >= 15 is 0 Å². The van der Waals surface area contributed by atoms with E-state index in [4.69, 9.17) is 0 Å². The Balaban J connectivity index is 0.00000256. The summed E-state index contributed by atoms with van der Waals surface area (Å²) in [5, 5.41) is 0.254. The molecular weight excluding hydrogens is 437 g/mol. The number of aromatic nitrogens is 3. The number of anilines is 1. The van der Waals surface area contributed by atoms with Crippen LogP contribution in [0.25, 0.3) is 10.2 Å². The molecule has 0 bridgehead atoms. The topological polar surface area (TPSA) is 51.0 Å². The number of hydrogen-bond donors (Lipinski definition) is 0. The minimum atomic E-state index is -0.782. The SMILES string of the molecule is Cl.O=C(c1ccc(F)cc1)N(CCCn1ccnc1)c1nc2c(F)cc(F)cc2s1. The van der Waals surface area contributed by atoms with Gasteiger partial charge in [0, 0.05) is 37.1 Å². The highest BCUT2D eigenvalue weighted by molar-refractivity contribution is 7.22. The number of imidazole rings is 1. The van der Waals surface area contributed by atoms with E-state index in [2.05, 4.69) is 9.97 Å². The molecule has 10 heteroatoms. The number of carbonyl (C=O) groups is 1. The van der Waals surface area contributed by atoms with E-state index in [-0.39, 0.29) is 35.2 Å². The second-order valence-corrected chi connectivity index (χ2v) is 7.36. The van der Waals surface area contributed by atoms with Crippen molar-refractivity contribution in [2.24, 2.45) is 0 Å². The van der Waals surface area contributed by atoms with Gasteiger partial charge < -0.3 is 4.57 Å². The molecule has 0 atom stereocenters. The number of aryl methyl sites for hydroxylation is 1. The fourth-order valence-corrected chi connectivity index (χ4v) is 3.95. The van der Waals surface area contributed by atoms with E-state index in [0.29, 0.717) is 17.7 Å². The van der Waals surface area contributed by atoms with E-state index < -0.39 is 23.4 Å². The van der Waals surface area contributed by atoms with Crippen LogP contribution in [0.1, 0.15) is 16.8 Å². The monoisotopic (exact) mass is 452 g/mol. The number of carbonyl (C=O) groups excluding carboxylic acids is 1. The van der Waals surface area contributed by atoms with Gasteiger partial charge in [0.15, 0.2) is 10.9 Å². The summed E-state index contributed by atoms with van der Waals surface area (Å²) in [4.78, 5) is 22.7. The molecule has 0 radical (unpaired) electrons. The van der Waals surface area contributed by atoms with Crippen molar-refractivity contribution >= 4 is 45.0 Å². The lowest BCUT2D eigenvalue weighted by atomic mass is 10.2. The van der Waals surface area contributed by atoms with Crippen LogP contribution in [0, 0.1) is 17.5 Å². The van der Waals surface area contributed by atoms with Crippen molar-refractivity contribution in [3.05, 3.63) is 78.1 Å². The predicted molar refractivity (Wildman–Crippen MR) is 112 cm³/mol. The van der Waals surface area contributed by atoms with Gasteiger partial charge in [0.1, 0.15) is 17.2 Å². The van der Waals surface area contributed by atoms with Crippen LogP contribution in [0.3, 0.4) is 0 Å². The molecule has 2 heterocycles. The van der Waals surface area contributed by atoms with Crippen molar-refractivity contribution in [2.75, 3.05) is 11.4 Å². The average Bonchev–Trinajstić information content (AvgIpc) is 3.35. The summed E-state index contributed by atoms with van der Waals surface area (Å²) in [6.45, 7) is 0.902. The molecule has 0 aliphatic heterocycles. The number of fused-ring (bicyclic) bond motifs is 1. The van der Waals surface area contributed by atoms with E-state index in [9.17, 15) is 18.0 Å². The summed E-state index contributed by atoms with van der Waals surface area (Å²) < 4.78 is 43.0. The molecule has 2 aromatic carbocycles. The lowest BCUT2D eigenvalue weighted by Gasteiger charge is -2.20. The Morgan fingerprint density at radius 2 is 1.87 bits per heavy atom. The highest BCUT2D eigenvalue weighted by Crippen LogP contribution is 2.32. The van der Waals surface area contributed by atoms with E-state index in [1.807, 2.05) is 10.8 Å². The maximum Gasteiger partial charge on any atom is 0.260 e. The quantitative estimate of drug-likeness (QED) is 0.410. The average molecular weight is 453 g/mol. The van der Waals surface area contributed by atoms with Crippen LogP contribution >= 0.6 is 23.7 Å². The number of hydrogen-bond acceptors (Lipinski definition) is 4. The lowest BCUT2D eigenvalue weighted by molar-refractivity contribution is 0.0986. The first-order chi connectivity index (χ1) is 14.0. The normalized spacial score (nSPS) is 10.8. The zero-order valence-electron chi connectivity index (χ0n) is 15.5. The van der Waals surface area contributed by atoms with Gasteiger partial charge in [-0.15, -0.1) is 12.4 Å². The Labute approximate surface area is 180 Å². The summed E-state index contributed by atoms with van der Waals surface area (Å²) in [5.74, 6) is -2.34. The third kappa shape index (κ3) is 4.63. The number of halogens is 4. The molecule has 0 N–H and O–H groups in total. The van der Waals surface area contributed by atoms with E-state index in [0.717, 1.165) is 17.4 Å². The smallest absolute Gasteiger partial charge is 0.260 e. The molecule has 0 spiro atoms. The van der Waals surface area contributed by atoms with Crippen molar-refractivity contribution in [1.29, 1.82) is 0 Å². The van der Waals surface area contributed by atoms with Crippen molar-refractivity contribution in [3.63, 3.8) is 0 Å². The van der Waals surface area contributed by atoms with Crippen LogP contribution in [0.5, 0.6) is 0 Å². The lowest BCUT2D eigenvalue weighted by Crippen LogP contribution is -2.32. The second-order valence-electron chi connectivity index (χ2n) is 6.35. The molecule has 0 aliphatic rings. The zero-order chi connectivity index (χ0) is 20.4. The molecule has 0 unspecified atom stereocenters. The van der Waals surface area contributed by atoms with Crippen molar-refractivity contribution < 1.29 is 18.0 Å². The third-order valence-corrected chi connectivity index (χ3v) is 5.35. The predicted octanol–water partition coefficient (Wildman–Crippen LogP) is 5.07. The Bertz CT molecular complexity index is 1150. The third-order valence-electron chi connectivity index (χ3n) is 4.33. The first kappa shape index (κ1) is 21.8. The maximum atomic E-state index is 14.1. The first-order valence-corrected chi connectivity index (χ1v) is 9.61. The number of amides is 1. The number of thiazole rings is 1. The Hall–Kier alpha value is -2.91. The molecule has 2 aromatic heterocycles. The van der Waals surface area contributed by atoms with Gasteiger partial charge in [-0.05, 0) is 36.8 Å². The Morgan fingerprint density at radius 3 is 2.57 bits per heavy atom. The molecule has 1 amide bonds. The molecule has 30 heavy (non-hydrogen) atoms. The molecular formula is C20H16ClF3N4OS. The summed E-state index contributed by atoms with van der Waals surface area (Å²) in [6, 6.07) is 7.11. The largest absolute Gasteiger partial charge is 0.337 e. The Morgan fingerprint density at radius 1 is 1.10 bits per heavy atom. The summed E-state index contributed by atoms with van der Waals surface area (Å²) in [7, 11) is 0. The summed E-state index contributed by atoms with van der Waals surface area (Å²) in [5.41, 5.74) is 0.290. The molecule has 156 valence electrons. The van der Waals surface area contributed by atoms with Gasteiger partial charge in [-0.3, -0.25) is 9.69 Å². The highest BCUT2D eigenvalue weighted by atomic mass is 35.5. The van der Waals surface area contributed by atoms with Crippen LogP contribution in [-0.2, 0) is 6.54 Å². The van der Waals surface area contributed by atoms with Crippen molar-refractivity contribution in [1.82, 2.24) is 14.5 Å². The molecule has 0 fully saturated rings. The summed E-state index contributed by atoms with van der Waals surface area (Å²) >= 11 is 1.03. The fourth-order valence-electron chi connectivity index (χ4n) is 2.92. The molecule has 4 aromatic rings. The standard InChI is InChI=1S/C20H15F3N4OS.ClH/c21-14-4-2-13(3-5-14)19(28)27(8-1-7-26-9-6-24-12-26)20-25-18-16(23)10-15(22)11-17(18)29-20;/h2-6,9-12H,1,7-8H2;1H. The first-order valence-electron chi connectivity index (χ1n) is 8.80. The van der Waals surface area contributed by atoms with Gasteiger partial charge in [0.2, 0.25) is 0 Å². The highest BCUT2D eigenvalue weighted by Gasteiger charge is 2.22. The molecule has 0 saturated heterocycles. The zero-order valence-corrected chi connectivity index (χ0v) is 17.1. The van der Waals surface area contributed by atoms with Crippen LogP contribution in [0.4, 0.5) is 18.3 Å². The molecule has 0 saturated carbocycles. The van der Waals surface area contributed by atoms with Crippen molar-refractivity contribution in [3.8, 4) is 0 Å². The minimum absolute atomic E-state index is 0. The van der Waals surface area contributed by atoms with Gasteiger partial charge in [0.25, 0.3) is 5.91 Å². The van der Waals surface area contributed by atoms with Gasteiger partial charge in [-0.1, -0.05) is 11.3 Å². The Kier molecular flexibility index (Phi) is 6.73. The van der Waals surface area contributed by atoms with Crippen LogP contribution in [0.15, 0.2) is 55.1 Å². The van der Waals surface area contributed by atoms with Gasteiger partial charge >= 0.3 is 0 Å². The second kappa shape index (κ2) is 9.27.